The van der Waals surface area contributed by atoms with Crippen LogP contribution in [0, 0.1) is 13.8 Å². The van der Waals surface area contributed by atoms with E-state index >= 15 is 0 Å². The summed E-state index contributed by atoms with van der Waals surface area (Å²) in [5.74, 6) is 0.776. The van der Waals surface area contributed by atoms with E-state index in [9.17, 15) is 5.11 Å². The normalized spacial score (nSPS) is 21.6. The summed E-state index contributed by atoms with van der Waals surface area (Å²) in [5.41, 5.74) is 4.21. The minimum Gasteiger partial charge on any atom is -0.485 e. The largest absolute Gasteiger partial charge is 0.485 e. The number of aliphatic hydroxyl groups excluding tert-OH is 1. The number of fused-ring (bicyclic) bond motifs is 1. The molecule has 2 aromatic rings. The molecular weight excluding hydrogens is 238 g/mol. The van der Waals surface area contributed by atoms with Crippen molar-refractivity contribution in [3.63, 3.8) is 0 Å². The van der Waals surface area contributed by atoms with Crippen molar-refractivity contribution < 1.29 is 9.84 Å². The maximum absolute atomic E-state index is 10.3. The Morgan fingerprint density at radius 1 is 1.21 bits per heavy atom. The van der Waals surface area contributed by atoms with Crippen molar-refractivity contribution >= 4 is 0 Å². The van der Waals surface area contributed by atoms with E-state index < -0.39 is 6.10 Å². The number of aliphatic hydroxyl groups is 1. The van der Waals surface area contributed by atoms with E-state index in [0.29, 0.717) is 6.42 Å². The quantitative estimate of drug-likeness (QED) is 0.850. The number of hydrogen-bond acceptors (Lipinski definition) is 3. The summed E-state index contributed by atoms with van der Waals surface area (Å²) < 4.78 is 6.02. The average molecular weight is 255 g/mol. The van der Waals surface area contributed by atoms with Gasteiger partial charge in [0.1, 0.15) is 11.9 Å². The summed E-state index contributed by atoms with van der Waals surface area (Å²) in [6.45, 7) is 4.06. The summed E-state index contributed by atoms with van der Waals surface area (Å²) in [6.07, 6.45) is 3.57. The maximum Gasteiger partial charge on any atom is 0.128 e. The van der Waals surface area contributed by atoms with Crippen LogP contribution in [0.4, 0.5) is 0 Å². The summed E-state index contributed by atoms with van der Waals surface area (Å²) in [7, 11) is 0. The lowest BCUT2D eigenvalue weighted by Crippen LogP contribution is -2.20. The van der Waals surface area contributed by atoms with Gasteiger partial charge in [0.25, 0.3) is 0 Å². The Labute approximate surface area is 112 Å². The molecule has 2 atom stereocenters. The number of pyridine rings is 1. The first-order valence-corrected chi connectivity index (χ1v) is 6.51. The van der Waals surface area contributed by atoms with Crippen LogP contribution in [0.2, 0.25) is 0 Å². The summed E-state index contributed by atoms with van der Waals surface area (Å²) >= 11 is 0. The molecule has 19 heavy (non-hydrogen) atoms. The molecule has 98 valence electrons. The molecule has 1 aliphatic rings. The Kier molecular flexibility index (Phi) is 2.99. The Hall–Kier alpha value is -1.87. The monoisotopic (exact) mass is 255 g/mol. The van der Waals surface area contributed by atoms with E-state index in [1.807, 2.05) is 44.3 Å². The van der Waals surface area contributed by atoms with Gasteiger partial charge >= 0.3 is 0 Å². The predicted molar refractivity (Wildman–Crippen MR) is 73.1 cm³/mol. The van der Waals surface area contributed by atoms with E-state index in [-0.39, 0.29) is 6.10 Å². The van der Waals surface area contributed by atoms with E-state index in [1.165, 1.54) is 0 Å². The summed E-state index contributed by atoms with van der Waals surface area (Å²) in [5, 5.41) is 10.3. The molecular formula is C16H17NO2. The molecule has 3 heteroatoms. The molecule has 1 N–H and O–H groups in total. The van der Waals surface area contributed by atoms with Gasteiger partial charge in [0.2, 0.25) is 0 Å². The lowest BCUT2D eigenvalue weighted by molar-refractivity contribution is 0.0652. The van der Waals surface area contributed by atoms with Gasteiger partial charge in [-0.25, -0.2) is 0 Å². The number of nitrogens with zero attached hydrogens (tertiary/aromatic N) is 1. The van der Waals surface area contributed by atoms with Gasteiger partial charge in [0.15, 0.2) is 0 Å². The molecule has 0 amide bonds. The summed E-state index contributed by atoms with van der Waals surface area (Å²) in [4.78, 5) is 4.15. The molecule has 1 unspecified atom stereocenters. The van der Waals surface area contributed by atoms with Crippen molar-refractivity contribution in [3.8, 4) is 5.75 Å². The standard InChI is InChI=1S/C16H17NO2/c1-10-3-4-15-12(7-10)14(18)8-16(19-15)13-9-17-6-5-11(13)2/h3-7,9,14,16,18H,8H2,1-2H3/t14-,16?/m1/s1. The van der Waals surface area contributed by atoms with Gasteiger partial charge < -0.3 is 9.84 Å². The van der Waals surface area contributed by atoms with Gasteiger partial charge in [-0.1, -0.05) is 11.6 Å². The van der Waals surface area contributed by atoms with Crippen LogP contribution in [0.5, 0.6) is 5.75 Å². The molecule has 1 aliphatic heterocycles. The number of rotatable bonds is 1. The number of aryl methyl sites for hydroxylation is 2. The first-order valence-electron chi connectivity index (χ1n) is 6.51. The van der Waals surface area contributed by atoms with Crippen molar-refractivity contribution in [3.05, 3.63) is 58.9 Å². The molecule has 2 heterocycles. The molecule has 0 saturated heterocycles. The smallest absolute Gasteiger partial charge is 0.128 e. The fraction of sp³-hybridized carbons (Fsp3) is 0.312. The van der Waals surface area contributed by atoms with Crippen LogP contribution in [-0.4, -0.2) is 10.1 Å². The van der Waals surface area contributed by atoms with Crippen LogP contribution in [0.15, 0.2) is 36.7 Å². The van der Waals surface area contributed by atoms with E-state index in [2.05, 4.69) is 4.98 Å². The second-order valence-electron chi connectivity index (χ2n) is 5.13. The van der Waals surface area contributed by atoms with Crippen molar-refractivity contribution in [2.45, 2.75) is 32.5 Å². The Balaban J connectivity index is 1.97. The minimum absolute atomic E-state index is 0.126. The van der Waals surface area contributed by atoms with Crippen LogP contribution < -0.4 is 4.74 Å². The Morgan fingerprint density at radius 2 is 2.05 bits per heavy atom. The zero-order valence-electron chi connectivity index (χ0n) is 11.1. The second kappa shape index (κ2) is 4.67. The number of ether oxygens (including phenoxy) is 1. The van der Waals surface area contributed by atoms with Crippen molar-refractivity contribution in [2.75, 3.05) is 0 Å². The molecule has 0 radical (unpaired) electrons. The lowest BCUT2D eigenvalue weighted by atomic mass is 9.93. The van der Waals surface area contributed by atoms with E-state index in [0.717, 1.165) is 28.0 Å². The van der Waals surface area contributed by atoms with Crippen LogP contribution in [-0.2, 0) is 0 Å². The molecule has 0 spiro atoms. The topological polar surface area (TPSA) is 42.4 Å². The fourth-order valence-corrected chi connectivity index (χ4v) is 2.57. The van der Waals surface area contributed by atoms with Gasteiger partial charge in [-0.15, -0.1) is 0 Å². The zero-order valence-corrected chi connectivity index (χ0v) is 11.1. The third-order valence-corrected chi connectivity index (χ3v) is 3.66. The van der Waals surface area contributed by atoms with Crippen LogP contribution in [0.25, 0.3) is 0 Å². The molecule has 3 rings (SSSR count). The minimum atomic E-state index is -0.478. The molecule has 0 bridgehead atoms. The highest BCUT2D eigenvalue weighted by Gasteiger charge is 2.28. The molecule has 1 aromatic heterocycles. The molecule has 0 aliphatic carbocycles. The van der Waals surface area contributed by atoms with Gasteiger partial charge in [-0.3, -0.25) is 4.98 Å². The zero-order chi connectivity index (χ0) is 13.4. The number of hydrogen-bond donors (Lipinski definition) is 1. The number of benzene rings is 1. The van der Waals surface area contributed by atoms with Crippen molar-refractivity contribution in [2.24, 2.45) is 0 Å². The van der Waals surface area contributed by atoms with Crippen molar-refractivity contribution in [1.29, 1.82) is 0 Å². The van der Waals surface area contributed by atoms with Gasteiger partial charge in [0.05, 0.1) is 6.10 Å². The van der Waals surface area contributed by atoms with E-state index in [1.54, 1.807) is 6.20 Å². The van der Waals surface area contributed by atoms with Gasteiger partial charge in [-0.2, -0.15) is 0 Å². The second-order valence-corrected chi connectivity index (χ2v) is 5.13. The van der Waals surface area contributed by atoms with Crippen LogP contribution in [0.3, 0.4) is 0 Å². The van der Waals surface area contributed by atoms with Crippen LogP contribution >= 0.6 is 0 Å². The number of aromatic nitrogens is 1. The van der Waals surface area contributed by atoms with Gasteiger partial charge in [-0.05, 0) is 37.6 Å². The molecule has 1 aromatic carbocycles. The SMILES string of the molecule is Cc1ccc2c(c1)[C@H](O)CC(c1cnccc1C)O2. The van der Waals surface area contributed by atoms with Gasteiger partial charge in [0, 0.05) is 29.9 Å². The summed E-state index contributed by atoms with van der Waals surface area (Å²) in [6, 6.07) is 7.90. The lowest BCUT2D eigenvalue weighted by Gasteiger charge is -2.30. The Bertz CT molecular complexity index is 609. The maximum atomic E-state index is 10.3. The highest BCUT2D eigenvalue weighted by Crippen LogP contribution is 2.41. The third kappa shape index (κ3) is 2.22. The molecule has 3 nitrogen and oxygen atoms in total. The molecule has 0 fully saturated rings. The highest BCUT2D eigenvalue weighted by molar-refractivity contribution is 5.41. The first kappa shape index (κ1) is 12.2. The fourth-order valence-electron chi connectivity index (χ4n) is 2.57. The average Bonchev–Trinajstić information content (AvgIpc) is 2.40. The molecule has 0 saturated carbocycles. The Morgan fingerprint density at radius 3 is 2.84 bits per heavy atom. The predicted octanol–water partition coefficient (Wildman–Crippen LogP) is 3.26. The van der Waals surface area contributed by atoms with Crippen molar-refractivity contribution in [1.82, 2.24) is 4.98 Å². The highest BCUT2D eigenvalue weighted by atomic mass is 16.5. The van der Waals surface area contributed by atoms with E-state index in [4.69, 9.17) is 4.74 Å². The third-order valence-electron chi connectivity index (χ3n) is 3.66. The first-order chi connectivity index (χ1) is 9.15. The van der Waals surface area contributed by atoms with Crippen LogP contribution in [0.1, 0.15) is 40.9 Å².